The van der Waals surface area contributed by atoms with Crippen molar-refractivity contribution >= 4 is 27.3 Å². The lowest BCUT2D eigenvalue weighted by atomic mass is 10.1. The highest BCUT2D eigenvalue weighted by atomic mass is 35.5. The van der Waals surface area contributed by atoms with Gasteiger partial charge in [-0.3, -0.25) is 0 Å². The van der Waals surface area contributed by atoms with Crippen LogP contribution in [0.25, 0.3) is 0 Å². The van der Waals surface area contributed by atoms with E-state index in [0.717, 1.165) is 31.6 Å². The molecule has 26 heavy (non-hydrogen) atoms. The van der Waals surface area contributed by atoms with E-state index in [1.807, 2.05) is 0 Å². The number of sulfonamides is 1. The Morgan fingerprint density at radius 2 is 1.77 bits per heavy atom. The highest BCUT2D eigenvalue weighted by molar-refractivity contribution is 7.89. The molecule has 0 aromatic heterocycles. The Hall–Kier alpha value is -1.63. The topological polar surface area (TPSA) is 49.4 Å². The van der Waals surface area contributed by atoms with Crippen molar-refractivity contribution in [2.24, 2.45) is 0 Å². The SMILES string of the molecule is O=S(=O)(NCCCc1ccc(N2CCCC2)cc1)c1ccc(F)c(Cl)c1. The second-order valence-corrected chi connectivity index (χ2v) is 8.61. The van der Waals surface area contributed by atoms with Crippen LogP contribution in [0.5, 0.6) is 0 Å². The molecule has 0 aliphatic carbocycles. The predicted molar refractivity (Wildman–Crippen MR) is 103 cm³/mol. The number of nitrogens with zero attached hydrogens (tertiary/aromatic N) is 1. The Morgan fingerprint density at radius 3 is 2.42 bits per heavy atom. The first-order valence-corrected chi connectivity index (χ1v) is 10.6. The molecule has 1 N–H and O–H groups in total. The number of nitrogens with one attached hydrogen (secondary N) is 1. The highest BCUT2D eigenvalue weighted by Gasteiger charge is 2.15. The van der Waals surface area contributed by atoms with Gasteiger partial charge in [0.05, 0.1) is 9.92 Å². The summed E-state index contributed by atoms with van der Waals surface area (Å²) in [5.41, 5.74) is 2.43. The first-order valence-electron chi connectivity index (χ1n) is 8.74. The summed E-state index contributed by atoms with van der Waals surface area (Å²) < 4.78 is 40.1. The van der Waals surface area contributed by atoms with Crippen LogP contribution in [0.2, 0.25) is 5.02 Å². The minimum absolute atomic E-state index is 0.0288. The van der Waals surface area contributed by atoms with Crippen LogP contribution in [-0.4, -0.2) is 28.1 Å². The van der Waals surface area contributed by atoms with Crippen LogP contribution >= 0.6 is 11.6 Å². The van der Waals surface area contributed by atoms with Crippen molar-refractivity contribution in [3.05, 3.63) is 58.9 Å². The number of halogens is 2. The van der Waals surface area contributed by atoms with E-state index in [1.165, 1.54) is 30.2 Å². The van der Waals surface area contributed by atoms with Crippen LogP contribution in [0.3, 0.4) is 0 Å². The fourth-order valence-electron chi connectivity index (χ4n) is 3.08. The van der Waals surface area contributed by atoms with Gasteiger partial charge in [-0.1, -0.05) is 23.7 Å². The van der Waals surface area contributed by atoms with E-state index in [0.29, 0.717) is 13.0 Å². The predicted octanol–water partition coefficient (Wildman–Crippen LogP) is 3.99. The minimum Gasteiger partial charge on any atom is -0.372 e. The second-order valence-electron chi connectivity index (χ2n) is 6.44. The normalized spacial score (nSPS) is 14.8. The van der Waals surface area contributed by atoms with Crippen molar-refractivity contribution in [2.45, 2.75) is 30.6 Å². The van der Waals surface area contributed by atoms with Crippen LogP contribution in [0, 0.1) is 5.82 Å². The summed E-state index contributed by atoms with van der Waals surface area (Å²) in [4.78, 5) is 2.35. The fraction of sp³-hybridized carbons (Fsp3) is 0.368. The number of hydrogen-bond donors (Lipinski definition) is 1. The van der Waals surface area contributed by atoms with Gasteiger partial charge < -0.3 is 4.90 Å². The molecule has 0 radical (unpaired) electrons. The monoisotopic (exact) mass is 396 g/mol. The Morgan fingerprint density at radius 1 is 1.08 bits per heavy atom. The standard InChI is InChI=1S/C19H22ClFN2O2S/c20-18-14-17(9-10-19(18)21)26(24,25)22-11-3-4-15-5-7-16(8-6-15)23-12-1-2-13-23/h5-10,14,22H,1-4,11-13H2. The Kier molecular flexibility index (Phi) is 6.16. The molecular weight excluding hydrogens is 375 g/mol. The van der Waals surface area contributed by atoms with Crippen LogP contribution < -0.4 is 9.62 Å². The molecule has 0 spiro atoms. The van der Waals surface area contributed by atoms with Crippen molar-refractivity contribution in [2.75, 3.05) is 24.5 Å². The number of anilines is 1. The molecule has 1 heterocycles. The maximum Gasteiger partial charge on any atom is 0.240 e. The maximum atomic E-state index is 13.2. The molecule has 3 rings (SSSR count). The van der Waals surface area contributed by atoms with Gasteiger partial charge in [0.1, 0.15) is 5.82 Å². The largest absolute Gasteiger partial charge is 0.372 e. The summed E-state index contributed by atoms with van der Waals surface area (Å²) in [6, 6.07) is 11.8. The van der Waals surface area contributed by atoms with Gasteiger partial charge in [-0.05, 0) is 61.6 Å². The lowest BCUT2D eigenvalue weighted by Crippen LogP contribution is -2.25. The summed E-state index contributed by atoms with van der Waals surface area (Å²) in [5, 5.41) is -0.203. The molecule has 0 saturated carbocycles. The van der Waals surface area contributed by atoms with Crippen molar-refractivity contribution in [3.63, 3.8) is 0 Å². The first-order chi connectivity index (χ1) is 12.5. The van der Waals surface area contributed by atoms with Gasteiger partial charge in [-0.15, -0.1) is 0 Å². The molecule has 1 aliphatic heterocycles. The van der Waals surface area contributed by atoms with Crippen molar-refractivity contribution < 1.29 is 12.8 Å². The van der Waals surface area contributed by atoms with Gasteiger partial charge in [-0.2, -0.15) is 0 Å². The lowest BCUT2D eigenvalue weighted by Gasteiger charge is -2.17. The van der Waals surface area contributed by atoms with E-state index >= 15 is 0 Å². The van der Waals surface area contributed by atoms with Crippen molar-refractivity contribution in [3.8, 4) is 0 Å². The van der Waals surface area contributed by atoms with Gasteiger partial charge in [0.25, 0.3) is 0 Å². The van der Waals surface area contributed by atoms with Crippen molar-refractivity contribution in [1.82, 2.24) is 4.72 Å². The van der Waals surface area contributed by atoms with Crippen LogP contribution in [0.15, 0.2) is 47.4 Å². The van der Waals surface area contributed by atoms with Crippen molar-refractivity contribution in [1.29, 1.82) is 0 Å². The Labute approximate surface area is 159 Å². The zero-order valence-electron chi connectivity index (χ0n) is 14.4. The molecule has 1 saturated heterocycles. The molecule has 1 aliphatic rings. The van der Waals surface area contributed by atoms with Crippen LogP contribution in [0.1, 0.15) is 24.8 Å². The molecule has 2 aromatic rings. The van der Waals surface area contributed by atoms with Gasteiger partial charge in [0.2, 0.25) is 10.0 Å². The summed E-state index contributed by atoms with van der Waals surface area (Å²) >= 11 is 5.65. The third-order valence-electron chi connectivity index (χ3n) is 4.54. The van der Waals surface area contributed by atoms with E-state index in [2.05, 4.69) is 33.9 Å². The Bertz CT molecular complexity index is 850. The molecule has 0 amide bonds. The molecule has 4 nitrogen and oxygen atoms in total. The third kappa shape index (κ3) is 4.75. The smallest absolute Gasteiger partial charge is 0.240 e. The maximum absolute atomic E-state index is 13.2. The lowest BCUT2D eigenvalue weighted by molar-refractivity contribution is 0.578. The number of hydrogen-bond acceptors (Lipinski definition) is 3. The first kappa shape index (κ1) is 19.1. The zero-order valence-corrected chi connectivity index (χ0v) is 16.0. The molecular formula is C19H22ClFN2O2S. The summed E-state index contributed by atoms with van der Waals surface area (Å²) in [6.07, 6.45) is 3.96. The molecule has 0 bridgehead atoms. The van der Waals surface area contributed by atoms with E-state index in [-0.39, 0.29) is 9.92 Å². The van der Waals surface area contributed by atoms with Crippen LogP contribution in [-0.2, 0) is 16.4 Å². The highest BCUT2D eigenvalue weighted by Crippen LogP contribution is 2.21. The summed E-state index contributed by atoms with van der Waals surface area (Å²) in [7, 11) is -3.68. The zero-order chi connectivity index (χ0) is 18.6. The minimum atomic E-state index is -3.68. The molecule has 140 valence electrons. The molecule has 0 atom stereocenters. The Balaban J connectivity index is 1.49. The van der Waals surface area contributed by atoms with Gasteiger partial charge in [0.15, 0.2) is 0 Å². The average Bonchev–Trinajstić information content (AvgIpc) is 3.16. The van der Waals surface area contributed by atoms with Crippen LogP contribution in [0.4, 0.5) is 10.1 Å². The van der Waals surface area contributed by atoms with E-state index in [1.54, 1.807) is 0 Å². The van der Waals surface area contributed by atoms with E-state index in [4.69, 9.17) is 11.6 Å². The van der Waals surface area contributed by atoms with Gasteiger partial charge >= 0.3 is 0 Å². The quantitative estimate of drug-likeness (QED) is 0.720. The molecule has 1 fully saturated rings. The molecule has 0 unspecified atom stereocenters. The number of benzene rings is 2. The van der Waals surface area contributed by atoms with Gasteiger partial charge in [-0.25, -0.2) is 17.5 Å². The second kappa shape index (κ2) is 8.37. The van der Waals surface area contributed by atoms with Gasteiger partial charge in [0, 0.05) is 25.3 Å². The fourth-order valence-corrected chi connectivity index (χ4v) is 4.42. The van der Waals surface area contributed by atoms with E-state index in [9.17, 15) is 12.8 Å². The average molecular weight is 397 g/mol. The molecule has 7 heteroatoms. The summed E-state index contributed by atoms with van der Waals surface area (Å²) in [5.74, 6) is -0.636. The molecule has 2 aromatic carbocycles. The van der Waals surface area contributed by atoms with E-state index < -0.39 is 15.8 Å². The third-order valence-corrected chi connectivity index (χ3v) is 6.29. The number of rotatable bonds is 7. The number of aryl methyl sites for hydroxylation is 1. The summed E-state index contributed by atoms with van der Waals surface area (Å²) in [6.45, 7) is 2.55.